The molecule has 1 heterocycles. The van der Waals surface area contributed by atoms with Gasteiger partial charge in [0.2, 0.25) is 0 Å². The molecule has 0 amide bonds. The standard InChI is InChI=1S/C14H23N3/c1-11-9-17-13(10-16-11)14(15-2)12-7-5-3-4-6-8-12/h9-10,12,14-15H,3-8H2,1-2H3. The Balaban J connectivity index is 2.11. The molecule has 17 heavy (non-hydrogen) atoms. The van der Waals surface area contributed by atoms with E-state index in [0.717, 1.165) is 17.3 Å². The maximum absolute atomic E-state index is 4.53. The lowest BCUT2D eigenvalue weighted by Crippen LogP contribution is -2.26. The van der Waals surface area contributed by atoms with Gasteiger partial charge >= 0.3 is 0 Å². The lowest BCUT2D eigenvalue weighted by atomic mass is 9.90. The molecule has 1 unspecified atom stereocenters. The summed E-state index contributed by atoms with van der Waals surface area (Å²) in [5.41, 5.74) is 2.09. The molecule has 0 spiro atoms. The molecular formula is C14H23N3. The zero-order valence-electron chi connectivity index (χ0n) is 10.9. The molecule has 1 aliphatic rings. The summed E-state index contributed by atoms with van der Waals surface area (Å²) in [6.07, 6.45) is 12.0. The van der Waals surface area contributed by atoms with Crippen molar-refractivity contribution < 1.29 is 0 Å². The summed E-state index contributed by atoms with van der Waals surface area (Å²) in [7, 11) is 2.04. The quantitative estimate of drug-likeness (QED) is 0.815. The first-order chi connectivity index (χ1) is 8.31. The zero-order valence-corrected chi connectivity index (χ0v) is 10.9. The Hall–Kier alpha value is -0.960. The van der Waals surface area contributed by atoms with Gasteiger partial charge in [-0.05, 0) is 32.7 Å². The first kappa shape index (κ1) is 12.5. The number of nitrogens with zero attached hydrogens (tertiary/aromatic N) is 2. The molecule has 0 bridgehead atoms. The van der Waals surface area contributed by atoms with Crippen LogP contribution in [0, 0.1) is 12.8 Å². The molecule has 0 saturated heterocycles. The van der Waals surface area contributed by atoms with E-state index in [1.807, 2.05) is 26.4 Å². The predicted octanol–water partition coefficient (Wildman–Crippen LogP) is 3.02. The molecule has 0 aromatic carbocycles. The summed E-state index contributed by atoms with van der Waals surface area (Å²) in [5.74, 6) is 0.722. The Kier molecular flexibility index (Phi) is 4.49. The minimum absolute atomic E-state index is 0.376. The van der Waals surface area contributed by atoms with Gasteiger partial charge in [-0.25, -0.2) is 0 Å². The van der Waals surface area contributed by atoms with E-state index in [0.29, 0.717) is 6.04 Å². The number of aromatic nitrogens is 2. The summed E-state index contributed by atoms with van der Waals surface area (Å²) < 4.78 is 0. The average Bonchev–Trinajstić information content (AvgIpc) is 2.62. The molecule has 1 aromatic rings. The molecular weight excluding hydrogens is 210 g/mol. The molecule has 1 N–H and O–H groups in total. The zero-order chi connectivity index (χ0) is 12.1. The third-order valence-electron chi connectivity index (χ3n) is 3.80. The lowest BCUT2D eigenvalue weighted by Gasteiger charge is -2.25. The normalized spacial score (nSPS) is 19.9. The van der Waals surface area contributed by atoms with E-state index in [1.54, 1.807) is 0 Å². The van der Waals surface area contributed by atoms with E-state index >= 15 is 0 Å². The van der Waals surface area contributed by atoms with Crippen molar-refractivity contribution in [3.63, 3.8) is 0 Å². The highest BCUT2D eigenvalue weighted by Gasteiger charge is 2.23. The highest BCUT2D eigenvalue weighted by Crippen LogP contribution is 2.32. The van der Waals surface area contributed by atoms with Crippen molar-refractivity contribution in [3.8, 4) is 0 Å². The molecule has 3 nitrogen and oxygen atoms in total. The van der Waals surface area contributed by atoms with Crippen molar-refractivity contribution in [2.75, 3.05) is 7.05 Å². The van der Waals surface area contributed by atoms with Gasteiger partial charge in [-0.15, -0.1) is 0 Å². The third kappa shape index (κ3) is 3.25. The molecule has 1 saturated carbocycles. The Labute approximate surface area is 104 Å². The van der Waals surface area contributed by atoms with Gasteiger partial charge in [0.25, 0.3) is 0 Å². The number of rotatable bonds is 3. The second-order valence-electron chi connectivity index (χ2n) is 5.10. The topological polar surface area (TPSA) is 37.8 Å². The first-order valence-electron chi connectivity index (χ1n) is 6.77. The van der Waals surface area contributed by atoms with Crippen LogP contribution in [0.3, 0.4) is 0 Å². The maximum Gasteiger partial charge on any atom is 0.0759 e. The summed E-state index contributed by atoms with van der Waals surface area (Å²) >= 11 is 0. The Morgan fingerprint density at radius 3 is 2.35 bits per heavy atom. The smallest absolute Gasteiger partial charge is 0.0759 e. The van der Waals surface area contributed by atoms with Crippen LogP contribution < -0.4 is 5.32 Å². The summed E-state index contributed by atoms with van der Waals surface area (Å²) in [6.45, 7) is 1.98. The van der Waals surface area contributed by atoms with Crippen LogP contribution in [0.15, 0.2) is 12.4 Å². The molecule has 2 rings (SSSR count). The summed E-state index contributed by atoms with van der Waals surface area (Å²) in [5, 5.41) is 3.43. The molecule has 1 aromatic heterocycles. The Bertz CT molecular complexity index is 326. The Morgan fingerprint density at radius 1 is 1.12 bits per heavy atom. The summed E-state index contributed by atoms with van der Waals surface area (Å²) in [6, 6.07) is 0.376. The first-order valence-corrected chi connectivity index (χ1v) is 6.77. The fourth-order valence-corrected chi connectivity index (χ4v) is 2.83. The molecule has 1 fully saturated rings. The SMILES string of the molecule is CNC(c1cnc(C)cn1)C1CCCCCC1. The van der Waals surface area contributed by atoms with E-state index in [4.69, 9.17) is 0 Å². The van der Waals surface area contributed by atoms with Gasteiger partial charge < -0.3 is 5.32 Å². The highest BCUT2D eigenvalue weighted by atomic mass is 14.9. The molecule has 1 atom stereocenters. The van der Waals surface area contributed by atoms with Gasteiger partial charge in [0.1, 0.15) is 0 Å². The van der Waals surface area contributed by atoms with Crippen LogP contribution in [0.5, 0.6) is 0 Å². The van der Waals surface area contributed by atoms with E-state index in [-0.39, 0.29) is 0 Å². The summed E-state index contributed by atoms with van der Waals surface area (Å²) in [4.78, 5) is 8.89. The third-order valence-corrected chi connectivity index (χ3v) is 3.80. The van der Waals surface area contributed by atoms with Crippen LogP contribution in [0.4, 0.5) is 0 Å². The predicted molar refractivity (Wildman–Crippen MR) is 69.8 cm³/mol. The van der Waals surface area contributed by atoms with E-state index in [1.165, 1.54) is 38.5 Å². The van der Waals surface area contributed by atoms with E-state index in [2.05, 4.69) is 15.3 Å². The van der Waals surface area contributed by atoms with Crippen LogP contribution >= 0.6 is 0 Å². The molecule has 3 heteroatoms. The highest BCUT2D eigenvalue weighted by molar-refractivity contribution is 5.07. The number of nitrogens with one attached hydrogen (secondary N) is 1. The van der Waals surface area contributed by atoms with Gasteiger partial charge in [-0.2, -0.15) is 0 Å². The van der Waals surface area contributed by atoms with Crippen molar-refractivity contribution in [2.24, 2.45) is 5.92 Å². The minimum Gasteiger partial charge on any atom is -0.311 e. The van der Waals surface area contributed by atoms with Crippen LogP contribution in [0.25, 0.3) is 0 Å². The van der Waals surface area contributed by atoms with Crippen LogP contribution in [-0.2, 0) is 0 Å². The van der Waals surface area contributed by atoms with Crippen LogP contribution in [0.1, 0.15) is 56.0 Å². The average molecular weight is 233 g/mol. The fraction of sp³-hybridized carbons (Fsp3) is 0.714. The van der Waals surface area contributed by atoms with E-state index in [9.17, 15) is 0 Å². The molecule has 94 valence electrons. The van der Waals surface area contributed by atoms with Crippen molar-refractivity contribution >= 4 is 0 Å². The minimum atomic E-state index is 0.376. The number of hydrogen-bond donors (Lipinski definition) is 1. The van der Waals surface area contributed by atoms with Gasteiger partial charge in [0, 0.05) is 6.20 Å². The molecule has 0 radical (unpaired) electrons. The second-order valence-corrected chi connectivity index (χ2v) is 5.10. The van der Waals surface area contributed by atoms with Gasteiger partial charge in [0.05, 0.1) is 23.6 Å². The van der Waals surface area contributed by atoms with Gasteiger partial charge in [0.15, 0.2) is 0 Å². The van der Waals surface area contributed by atoms with Crippen molar-refractivity contribution in [3.05, 3.63) is 23.8 Å². The van der Waals surface area contributed by atoms with Crippen molar-refractivity contribution in [1.82, 2.24) is 15.3 Å². The fourth-order valence-electron chi connectivity index (χ4n) is 2.83. The molecule has 1 aliphatic carbocycles. The molecule has 0 aliphatic heterocycles. The monoisotopic (exact) mass is 233 g/mol. The van der Waals surface area contributed by atoms with Gasteiger partial charge in [-0.3, -0.25) is 9.97 Å². The Morgan fingerprint density at radius 2 is 1.82 bits per heavy atom. The van der Waals surface area contributed by atoms with Crippen LogP contribution in [-0.4, -0.2) is 17.0 Å². The largest absolute Gasteiger partial charge is 0.311 e. The number of hydrogen-bond acceptors (Lipinski definition) is 3. The number of aryl methyl sites for hydroxylation is 1. The van der Waals surface area contributed by atoms with Crippen LogP contribution in [0.2, 0.25) is 0 Å². The second kappa shape index (κ2) is 6.10. The van der Waals surface area contributed by atoms with E-state index < -0.39 is 0 Å². The van der Waals surface area contributed by atoms with Crippen molar-refractivity contribution in [2.45, 2.75) is 51.5 Å². The van der Waals surface area contributed by atoms with Gasteiger partial charge in [-0.1, -0.05) is 25.7 Å². The maximum atomic E-state index is 4.53. The van der Waals surface area contributed by atoms with Crippen molar-refractivity contribution in [1.29, 1.82) is 0 Å². The lowest BCUT2D eigenvalue weighted by molar-refractivity contribution is 0.335.